The van der Waals surface area contributed by atoms with Crippen LogP contribution in [0, 0.1) is 0 Å². The van der Waals surface area contributed by atoms with Gasteiger partial charge in [0, 0.05) is 17.5 Å². The van der Waals surface area contributed by atoms with Gasteiger partial charge in [-0.3, -0.25) is 9.00 Å². The van der Waals surface area contributed by atoms with E-state index in [0.717, 1.165) is 0 Å². The molecule has 7 nitrogen and oxygen atoms in total. The summed E-state index contributed by atoms with van der Waals surface area (Å²) in [4.78, 5) is 25.2. The minimum atomic E-state index is -1.31. The van der Waals surface area contributed by atoms with Crippen molar-refractivity contribution in [2.45, 2.75) is 24.8 Å². The van der Waals surface area contributed by atoms with Crippen LogP contribution in [-0.4, -0.2) is 42.2 Å². The summed E-state index contributed by atoms with van der Waals surface area (Å²) < 4.78 is 27.7. The Kier molecular flexibility index (Phi) is 7.57. The summed E-state index contributed by atoms with van der Waals surface area (Å²) in [6.45, 7) is 3.23. The summed E-state index contributed by atoms with van der Waals surface area (Å²) in [6.07, 6.45) is -1.05. The molecule has 150 valence electrons. The molecule has 0 aliphatic rings. The monoisotopic (exact) mass is 405 g/mol. The molecule has 1 N–H and O–H groups in total. The molecule has 0 bridgehead atoms. The minimum absolute atomic E-state index is 0.188. The third kappa shape index (κ3) is 5.10. The molecule has 0 radical (unpaired) electrons. The van der Waals surface area contributed by atoms with Crippen LogP contribution in [-0.2, 0) is 20.3 Å². The second kappa shape index (κ2) is 9.89. The molecular weight excluding hydrogens is 382 g/mol. The van der Waals surface area contributed by atoms with Crippen LogP contribution < -0.4 is 14.8 Å². The Morgan fingerprint density at radius 2 is 1.75 bits per heavy atom. The Bertz CT molecular complexity index is 883. The summed E-state index contributed by atoms with van der Waals surface area (Å²) >= 11 is 0. The molecular formula is C20H23NO6S. The van der Waals surface area contributed by atoms with Crippen LogP contribution in [0.3, 0.4) is 0 Å². The lowest BCUT2D eigenvalue weighted by Gasteiger charge is -2.15. The highest BCUT2D eigenvalue weighted by molar-refractivity contribution is 7.85. The van der Waals surface area contributed by atoms with Crippen LogP contribution in [0.1, 0.15) is 24.2 Å². The number of anilines is 1. The molecule has 28 heavy (non-hydrogen) atoms. The Morgan fingerprint density at radius 1 is 1.07 bits per heavy atom. The molecule has 0 aliphatic heterocycles. The van der Waals surface area contributed by atoms with Crippen molar-refractivity contribution in [1.82, 2.24) is 0 Å². The van der Waals surface area contributed by atoms with Gasteiger partial charge in [-0.25, -0.2) is 4.79 Å². The van der Waals surface area contributed by atoms with E-state index in [1.54, 1.807) is 43.3 Å². The van der Waals surface area contributed by atoms with E-state index in [9.17, 15) is 13.8 Å². The fraction of sp³-hybridized carbons (Fsp3) is 0.300. The summed E-state index contributed by atoms with van der Waals surface area (Å²) in [7, 11) is 1.69. The van der Waals surface area contributed by atoms with Crippen LogP contribution in [0.25, 0.3) is 0 Å². The standard InChI is InChI=1S/C20H23NO6S/c1-5-28(24)18-9-7-6-8-15(18)20(23)27-13(2)19(22)21-14-10-11-16(25-3)17(12-14)26-4/h6-13H,5H2,1-4H3,(H,21,22). The molecule has 8 heteroatoms. The first-order valence-electron chi connectivity index (χ1n) is 8.62. The van der Waals surface area contributed by atoms with Gasteiger partial charge in [0.2, 0.25) is 0 Å². The molecule has 2 aromatic carbocycles. The molecule has 1 amide bonds. The van der Waals surface area contributed by atoms with Gasteiger partial charge in [-0.05, 0) is 31.2 Å². The first-order valence-corrected chi connectivity index (χ1v) is 9.94. The van der Waals surface area contributed by atoms with Gasteiger partial charge in [0.25, 0.3) is 5.91 Å². The van der Waals surface area contributed by atoms with Gasteiger partial charge < -0.3 is 19.5 Å². The van der Waals surface area contributed by atoms with Crippen molar-refractivity contribution < 1.29 is 28.0 Å². The highest BCUT2D eigenvalue weighted by Crippen LogP contribution is 2.29. The highest BCUT2D eigenvalue weighted by atomic mass is 32.2. The number of hydrogen-bond donors (Lipinski definition) is 1. The largest absolute Gasteiger partial charge is 0.493 e. The lowest BCUT2D eigenvalue weighted by molar-refractivity contribution is -0.123. The van der Waals surface area contributed by atoms with E-state index in [1.807, 2.05) is 0 Å². The van der Waals surface area contributed by atoms with Crippen molar-refractivity contribution >= 4 is 28.4 Å². The number of carbonyl (C=O) groups excluding carboxylic acids is 2. The maximum absolute atomic E-state index is 12.5. The number of carbonyl (C=O) groups is 2. The summed E-state index contributed by atoms with van der Waals surface area (Å²) in [5.74, 6) is 0.156. The fourth-order valence-electron chi connectivity index (χ4n) is 2.42. The van der Waals surface area contributed by atoms with Gasteiger partial charge in [0.15, 0.2) is 17.6 Å². The van der Waals surface area contributed by atoms with Crippen LogP contribution in [0.4, 0.5) is 5.69 Å². The molecule has 0 saturated heterocycles. The van der Waals surface area contributed by atoms with E-state index in [1.165, 1.54) is 27.2 Å². The van der Waals surface area contributed by atoms with Crippen LogP contribution in [0.5, 0.6) is 11.5 Å². The van der Waals surface area contributed by atoms with E-state index < -0.39 is 28.8 Å². The first-order chi connectivity index (χ1) is 13.4. The molecule has 2 unspecified atom stereocenters. The van der Waals surface area contributed by atoms with Crippen LogP contribution in [0.15, 0.2) is 47.4 Å². The second-order valence-electron chi connectivity index (χ2n) is 5.74. The SMILES string of the molecule is CCS(=O)c1ccccc1C(=O)OC(C)C(=O)Nc1ccc(OC)c(OC)c1. The van der Waals surface area contributed by atoms with E-state index in [-0.39, 0.29) is 5.56 Å². The number of hydrogen-bond acceptors (Lipinski definition) is 6. The van der Waals surface area contributed by atoms with Crippen LogP contribution in [0.2, 0.25) is 0 Å². The summed E-state index contributed by atoms with van der Waals surface area (Å²) in [5, 5.41) is 2.66. The first kappa shape index (κ1) is 21.4. The second-order valence-corrected chi connectivity index (χ2v) is 7.45. The lowest BCUT2D eigenvalue weighted by Crippen LogP contribution is -2.30. The normalized spacial score (nSPS) is 12.6. The predicted molar refractivity (Wildman–Crippen MR) is 106 cm³/mol. The van der Waals surface area contributed by atoms with E-state index >= 15 is 0 Å². The topological polar surface area (TPSA) is 90.9 Å². The molecule has 0 heterocycles. The maximum atomic E-state index is 12.5. The van der Waals surface area contributed by atoms with Gasteiger partial charge in [0.05, 0.1) is 35.5 Å². The van der Waals surface area contributed by atoms with Gasteiger partial charge in [-0.2, -0.15) is 0 Å². The number of nitrogens with one attached hydrogen (secondary N) is 1. The summed E-state index contributed by atoms with van der Waals surface area (Å²) in [6, 6.07) is 11.4. The molecule has 2 rings (SSSR count). The Hall–Kier alpha value is -2.87. The van der Waals surface area contributed by atoms with Gasteiger partial charge >= 0.3 is 5.97 Å². The van der Waals surface area contributed by atoms with Crippen molar-refractivity contribution in [3.63, 3.8) is 0 Å². The van der Waals surface area contributed by atoms with Crippen LogP contribution >= 0.6 is 0 Å². The number of methoxy groups -OCH3 is 2. The zero-order valence-corrected chi connectivity index (χ0v) is 17.0. The number of esters is 1. The smallest absolute Gasteiger partial charge is 0.340 e. The number of rotatable bonds is 8. The van der Waals surface area contributed by atoms with E-state index in [2.05, 4.69) is 5.32 Å². The Labute approximate surface area is 166 Å². The van der Waals surface area contributed by atoms with Gasteiger partial charge in [-0.1, -0.05) is 19.1 Å². The third-order valence-electron chi connectivity index (χ3n) is 3.92. The van der Waals surface area contributed by atoms with Gasteiger partial charge in [-0.15, -0.1) is 0 Å². The van der Waals surface area contributed by atoms with Crippen molar-refractivity contribution in [1.29, 1.82) is 0 Å². The molecule has 0 fully saturated rings. The Morgan fingerprint density at radius 3 is 2.39 bits per heavy atom. The number of benzene rings is 2. The lowest BCUT2D eigenvalue weighted by atomic mass is 10.2. The molecule has 0 aliphatic carbocycles. The van der Waals surface area contributed by atoms with E-state index in [0.29, 0.717) is 27.8 Å². The van der Waals surface area contributed by atoms with Crippen molar-refractivity contribution in [2.75, 3.05) is 25.3 Å². The third-order valence-corrected chi connectivity index (χ3v) is 5.29. The average molecular weight is 405 g/mol. The van der Waals surface area contributed by atoms with Gasteiger partial charge in [0.1, 0.15) is 0 Å². The highest BCUT2D eigenvalue weighted by Gasteiger charge is 2.22. The molecule has 0 spiro atoms. The van der Waals surface area contributed by atoms with Crippen molar-refractivity contribution in [2.24, 2.45) is 0 Å². The predicted octanol–water partition coefficient (Wildman–Crippen LogP) is 3.02. The number of ether oxygens (including phenoxy) is 3. The van der Waals surface area contributed by atoms with Crippen molar-refractivity contribution in [3.05, 3.63) is 48.0 Å². The molecule has 2 atom stereocenters. The molecule has 2 aromatic rings. The molecule has 0 aromatic heterocycles. The fourth-order valence-corrected chi connectivity index (χ4v) is 3.36. The summed E-state index contributed by atoms with van der Waals surface area (Å²) in [5.41, 5.74) is 0.659. The molecule has 0 saturated carbocycles. The Balaban J connectivity index is 2.09. The zero-order chi connectivity index (χ0) is 20.7. The maximum Gasteiger partial charge on any atom is 0.340 e. The number of amides is 1. The quantitative estimate of drug-likeness (QED) is 0.679. The van der Waals surface area contributed by atoms with E-state index in [4.69, 9.17) is 14.2 Å². The van der Waals surface area contributed by atoms with Crippen molar-refractivity contribution in [3.8, 4) is 11.5 Å². The average Bonchev–Trinajstić information content (AvgIpc) is 2.72. The minimum Gasteiger partial charge on any atom is -0.493 e. The zero-order valence-electron chi connectivity index (χ0n) is 16.2.